The van der Waals surface area contributed by atoms with Gasteiger partial charge in [-0.25, -0.2) is 9.59 Å². The highest BCUT2D eigenvalue weighted by Crippen LogP contribution is 2.38. The molecule has 0 radical (unpaired) electrons. The number of aromatic nitrogens is 1. The molecule has 1 saturated heterocycles. The number of anilines is 1. The molecule has 0 saturated carbocycles. The van der Waals surface area contributed by atoms with E-state index in [1.54, 1.807) is 7.11 Å². The molecule has 0 unspecified atom stereocenters. The van der Waals surface area contributed by atoms with Crippen LogP contribution in [0.5, 0.6) is 5.75 Å². The molecule has 10 nitrogen and oxygen atoms in total. The standard InChI is InChI=1S/C25H28N4O2.2C2HF3O2/c1-27-13-15-28(16-14-27)22-9-10-23(31-2)20-17-29(25(30)24(20)22)12-11-19-8-7-18-5-3-4-6-21(18)26-19;2*3-2(4,5)1(6)7/h3-10H,11-17H2,1-2H3;2*(H,6,7). The molecule has 0 spiro atoms. The van der Waals surface area contributed by atoms with Gasteiger partial charge in [0.15, 0.2) is 0 Å². The van der Waals surface area contributed by atoms with Crippen LogP contribution < -0.4 is 9.64 Å². The molecule has 3 aromatic rings. The number of rotatable bonds is 5. The van der Waals surface area contributed by atoms with Gasteiger partial charge in [0.1, 0.15) is 5.75 Å². The number of carbonyl (C=O) groups excluding carboxylic acids is 1. The lowest BCUT2D eigenvalue weighted by atomic mass is 10.0. The Hall–Kier alpha value is -4.60. The molecular formula is C29H30F6N4O6. The number of ether oxygens (including phenoxy) is 1. The lowest BCUT2D eigenvalue weighted by Crippen LogP contribution is -2.45. The van der Waals surface area contributed by atoms with Crippen LogP contribution in [-0.2, 0) is 22.6 Å². The van der Waals surface area contributed by atoms with Crippen LogP contribution in [0.4, 0.5) is 32.0 Å². The van der Waals surface area contributed by atoms with Crippen molar-refractivity contribution in [3.05, 3.63) is 65.4 Å². The number of carbonyl (C=O) groups is 3. The normalized spacial score (nSPS) is 15.1. The Kier molecular flexibility index (Phi) is 11.2. The molecule has 1 amide bonds. The number of hydrogen-bond acceptors (Lipinski definition) is 7. The molecule has 0 atom stereocenters. The molecule has 1 aromatic heterocycles. The van der Waals surface area contributed by atoms with E-state index in [0.717, 1.165) is 71.8 Å². The molecule has 244 valence electrons. The van der Waals surface area contributed by atoms with Gasteiger partial charge in [0.2, 0.25) is 0 Å². The van der Waals surface area contributed by atoms with Crippen LogP contribution in [0.2, 0.25) is 0 Å². The van der Waals surface area contributed by atoms with E-state index < -0.39 is 24.3 Å². The molecule has 1 fully saturated rings. The highest BCUT2D eigenvalue weighted by Gasteiger charge is 2.39. The Labute approximate surface area is 253 Å². The van der Waals surface area contributed by atoms with Crippen LogP contribution in [-0.4, -0.2) is 102 Å². The average molecular weight is 645 g/mol. The maximum absolute atomic E-state index is 13.4. The van der Waals surface area contributed by atoms with E-state index >= 15 is 0 Å². The Balaban J connectivity index is 0.000000331. The second kappa shape index (κ2) is 14.5. The summed E-state index contributed by atoms with van der Waals surface area (Å²) in [6, 6.07) is 16.4. The highest BCUT2D eigenvalue weighted by atomic mass is 19.4. The zero-order valence-corrected chi connectivity index (χ0v) is 24.2. The molecular weight excluding hydrogens is 614 g/mol. The molecule has 2 aliphatic rings. The molecule has 5 rings (SSSR count). The number of benzene rings is 2. The fraction of sp³-hybridized carbons (Fsp3) is 0.379. The summed E-state index contributed by atoms with van der Waals surface area (Å²) in [4.78, 5) is 42.6. The largest absolute Gasteiger partial charge is 0.496 e. The summed E-state index contributed by atoms with van der Waals surface area (Å²) >= 11 is 0. The van der Waals surface area contributed by atoms with Gasteiger partial charge in [-0.05, 0) is 31.3 Å². The Morgan fingerprint density at radius 2 is 1.47 bits per heavy atom. The summed E-state index contributed by atoms with van der Waals surface area (Å²) < 4.78 is 69.1. The van der Waals surface area contributed by atoms with Gasteiger partial charge in [0.25, 0.3) is 5.91 Å². The summed E-state index contributed by atoms with van der Waals surface area (Å²) in [5.74, 6) is -4.61. The van der Waals surface area contributed by atoms with Crippen LogP contribution in [0.3, 0.4) is 0 Å². The van der Waals surface area contributed by atoms with E-state index in [0.29, 0.717) is 13.1 Å². The van der Waals surface area contributed by atoms with Gasteiger partial charge >= 0.3 is 24.3 Å². The predicted octanol–water partition coefficient (Wildman–Crippen LogP) is 4.46. The van der Waals surface area contributed by atoms with E-state index in [2.05, 4.69) is 41.1 Å². The lowest BCUT2D eigenvalue weighted by molar-refractivity contribution is -0.193. The van der Waals surface area contributed by atoms with Crippen molar-refractivity contribution < 1.29 is 55.7 Å². The molecule has 3 heterocycles. The van der Waals surface area contributed by atoms with Crippen molar-refractivity contribution in [2.24, 2.45) is 0 Å². The van der Waals surface area contributed by atoms with E-state index in [4.69, 9.17) is 29.5 Å². The van der Waals surface area contributed by atoms with E-state index in [1.807, 2.05) is 29.2 Å². The minimum Gasteiger partial charge on any atom is -0.496 e. The smallest absolute Gasteiger partial charge is 0.490 e. The SMILES string of the molecule is COc1ccc(N2CCN(C)CC2)c2c1CN(CCc1ccc3ccccc3n1)C2=O.O=C(O)C(F)(F)F.O=C(O)C(F)(F)F. The molecule has 0 bridgehead atoms. The van der Waals surface area contributed by atoms with Crippen LogP contribution in [0, 0.1) is 0 Å². The summed E-state index contributed by atoms with van der Waals surface area (Å²) in [6.45, 7) is 5.11. The van der Waals surface area contributed by atoms with Crippen LogP contribution in [0.15, 0.2) is 48.5 Å². The van der Waals surface area contributed by atoms with Crippen LogP contribution in [0.1, 0.15) is 21.6 Å². The number of aliphatic carboxylic acids is 2. The quantitative estimate of drug-likeness (QED) is 0.388. The molecule has 0 aliphatic carbocycles. The number of pyridine rings is 1. The monoisotopic (exact) mass is 644 g/mol. The number of piperazine rings is 1. The molecule has 2 aliphatic heterocycles. The third-order valence-electron chi connectivity index (χ3n) is 6.94. The minimum atomic E-state index is -5.08. The van der Waals surface area contributed by atoms with Gasteiger partial charge in [0.05, 0.1) is 30.4 Å². The molecule has 2 aromatic carbocycles. The number of para-hydroxylation sites is 1. The number of alkyl halides is 6. The zero-order valence-electron chi connectivity index (χ0n) is 24.2. The first-order valence-corrected chi connectivity index (χ1v) is 13.4. The van der Waals surface area contributed by atoms with Crippen molar-refractivity contribution in [2.75, 3.05) is 51.8 Å². The van der Waals surface area contributed by atoms with Crippen molar-refractivity contribution in [1.29, 1.82) is 0 Å². The Bertz CT molecular complexity index is 1500. The summed E-state index contributed by atoms with van der Waals surface area (Å²) in [5.41, 5.74) is 4.87. The van der Waals surface area contributed by atoms with Gasteiger partial charge in [-0.2, -0.15) is 26.3 Å². The fourth-order valence-electron chi connectivity index (χ4n) is 4.61. The van der Waals surface area contributed by atoms with E-state index in [-0.39, 0.29) is 5.91 Å². The number of carboxylic acid groups (broad SMARTS) is 2. The van der Waals surface area contributed by atoms with Crippen LogP contribution in [0.25, 0.3) is 10.9 Å². The molecule has 45 heavy (non-hydrogen) atoms. The first-order chi connectivity index (χ1) is 21.0. The number of amides is 1. The Morgan fingerprint density at radius 1 is 0.889 bits per heavy atom. The van der Waals surface area contributed by atoms with E-state index in [9.17, 15) is 31.1 Å². The number of hydrogen-bond donors (Lipinski definition) is 2. The molecule has 16 heteroatoms. The van der Waals surface area contributed by atoms with Crippen molar-refractivity contribution in [2.45, 2.75) is 25.3 Å². The number of halogens is 6. The summed E-state index contributed by atoms with van der Waals surface area (Å²) in [7, 11) is 3.82. The number of methoxy groups -OCH3 is 1. The number of likely N-dealkylation sites (N-methyl/N-ethyl adjacent to an activating group) is 1. The van der Waals surface area contributed by atoms with Crippen molar-refractivity contribution in [3.8, 4) is 5.75 Å². The summed E-state index contributed by atoms with van der Waals surface area (Å²) in [6.07, 6.45) is -9.43. The van der Waals surface area contributed by atoms with E-state index in [1.165, 1.54) is 0 Å². The number of fused-ring (bicyclic) bond motifs is 2. The first-order valence-electron chi connectivity index (χ1n) is 13.4. The van der Waals surface area contributed by atoms with Gasteiger partial charge in [-0.3, -0.25) is 9.78 Å². The average Bonchev–Trinajstić information content (AvgIpc) is 3.31. The van der Waals surface area contributed by atoms with Gasteiger partial charge in [0, 0.05) is 55.8 Å². The lowest BCUT2D eigenvalue weighted by Gasteiger charge is -2.35. The zero-order chi connectivity index (χ0) is 33.5. The van der Waals surface area contributed by atoms with Crippen molar-refractivity contribution >= 4 is 34.4 Å². The molecule has 2 N–H and O–H groups in total. The fourth-order valence-corrected chi connectivity index (χ4v) is 4.61. The van der Waals surface area contributed by atoms with Gasteiger partial charge < -0.3 is 29.6 Å². The van der Waals surface area contributed by atoms with Crippen molar-refractivity contribution in [3.63, 3.8) is 0 Å². The van der Waals surface area contributed by atoms with Gasteiger partial charge in [-0.1, -0.05) is 24.3 Å². The number of nitrogens with zero attached hydrogens (tertiary/aromatic N) is 4. The third kappa shape index (κ3) is 9.20. The summed E-state index contributed by atoms with van der Waals surface area (Å²) in [5, 5.41) is 15.4. The Morgan fingerprint density at radius 3 is 2.02 bits per heavy atom. The maximum atomic E-state index is 13.4. The second-order valence-electron chi connectivity index (χ2n) is 10.0. The maximum Gasteiger partial charge on any atom is 0.490 e. The highest BCUT2D eigenvalue weighted by molar-refractivity contribution is 6.04. The predicted molar refractivity (Wildman–Crippen MR) is 150 cm³/mol. The first kappa shape index (κ1) is 34.9. The van der Waals surface area contributed by atoms with Gasteiger partial charge in [-0.15, -0.1) is 0 Å². The topological polar surface area (TPSA) is 124 Å². The minimum absolute atomic E-state index is 0.101. The second-order valence-corrected chi connectivity index (χ2v) is 10.0. The van der Waals surface area contributed by atoms with Crippen LogP contribution >= 0.6 is 0 Å². The third-order valence-corrected chi connectivity index (χ3v) is 6.94. The van der Waals surface area contributed by atoms with Crippen molar-refractivity contribution in [1.82, 2.24) is 14.8 Å². The number of carboxylic acids is 2.